The lowest BCUT2D eigenvalue weighted by Gasteiger charge is -2.14. The van der Waals surface area contributed by atoms with Crippen molar-refractivity contribution in [3.05, 3.63) is 70.4 Å². The van der Waals surface area contributed by atoms with Crippen LogP contribution in [0.3, 0.4) is 0 Å². The van der Waals surface area contributed by atoms with Crippen LogP contribution in [0.4, 0.5) is 18.9 Å². The average molecular weight is 451 g/mol. The molecule has 0 aliphatic heterocycles. The Morgan fingerprint density at radius 2 is 1.97 bits per heavy atom. The Labute approximate surface area is 179 Å². The van der Waals surface area contributed by atoms with Gasteiger partial charge in [0.15, 0.2) is 5.16 Å². The molecule has 0 N–H and O–H groups in total. The number of ether oxygens (including phenoxy) is 1. The summed E-state index contributed by atoms with van der Waals surface area (Å²) < 4.78 is 46.1. The maximum Gasteiger partial charge on any atom is 0.416 e. The van der Waals surface area contributed by atoms with Gasteiger partial charge in [0, 0.05) is 23.4 Å². The molecule has 0 unspecified atom stereocenters. The number of esters is 1. The number of hydrogen-bond donors (Lipinski definition) is 0. The van der Waals surface area contributed by atoms with Gasteiger partial charge in [0.1, 0.15) is 0 Å². The number of imidazole rings is 1. The van der Waals surface area contributed by atoms with E-state index in [1.54, 1.807) is 13.0 Å². The number of hydrogen-bond acceptors (Lipinski definition) is 6. The van der Waals surface area contributed by atoms with E-state index < -0.39 is 22.6 Å². The van der Waals surface area contributed by atoms with Crippen molar-refractivity contribution in [2.45, 2.75) is 18.3 Å². The summed E-state index contributed by atoms with van der Waals surface area (Å²) in [6, 6.07) is 10.3. The molecule has 0 aliphatic carbocycles. The van der Waals surface area contributed by atoms with E-state index in [4.69, 9.17) is 4.74 Å². The molecule has 0 amide bonds. The van der Waals surface area contributed by atoms with Crippen LogP contribution in [0.1, 0.15) is 12.5 Å². The number of nitrogens with zero attached hydrogens (tertiary/aromatic N) is 3. The fraction of sp³-hybridized carbons (Fsp3) is 0.200. The first kappa shape index (κ1) is 22.3. The van der Waals surface area contributed by atoms with Crippen LogP contribution >= 0.6 is 11.8 Å². The highest BCUT2D eigenvalue weighted by Gasteiger charge is 2.31. The van der Waals surface area contributed by atoms with Crippen LogP contribution in [0.2, 0.25) is 0 Å². The molecule has 0 saturated carbocycles. The van der Waals surface area contributed by atoms with Crippen LogP contribution in [0.5, 0.6) is 0 Å². The van der Waals surface area contributed by atoms with Crippen LogP contribution in [-0.4, -0.2) is 32.8 Å². The standard InChI is InChI=1S/C20H16F3N3O4S/c1-2-30-18(27)12-31-19-24-11-17(13-5-3-8-16(9-13)26(28)29)25(19)15-7-4-6-14(10-15)20(21,22)23/h3-11H,2,12H2,1H3. The van der Waals surface area contributed by atoms with Crippen molar-refractivity contribution in [1.82, 2.24) is 9.55 Å². The highest BCUT2D eigenvalue weighted by Crippen LogP contribution is 2.35. The first-order valence-electron chi connectivity index (χ1n) is 8.99. The lowest BCUT2D eigenvalue weighted by Crippen LogP contribution is -2.09. The molecule has 0 spiro atoms. The van der Waals surface area contributed by atoms with E-state index in [2.05, 4.69) is 4.98 Å². The molecule has 2 aromatic carbocycles. The van der Waals surface area contributed by atoms with Gasteiger partial charge in [-0.1, -0.05) is 30.0 Å². The molecule has 31 heavy (non-hydrogen) atoms. The Kier molecular flexibility index (Phi) is 6.64. The van der Waals surface area contributed by atoms with Gasteiger partial charge < -0.3 is 4.74 Å². The normalized spacial score (nSPS) is 11.4. The largest absolute Gasteiger partial charge is 0.465 e. The van der Waals surface area contributed by atoms with Gasteiger partial charge >= 0.3 is 12.1 Å². The smallest absolute Gasteiger partial charge is 0.416 e. The summed E-state index contributed by atoms with van der Waals surface area (Å²) in [6.07, 6.45) is -3.16. The van der Waals surface area contributed by atoms with Crippen molar-refractivity contribution in [3.63, 3.8) is 0 Å². The van der Waals surface area contributed by atoms with E-state index >= 15 is 0 Å². The van der Waals surface area contributed by atoms with Crippen LogP contribution in [-0.2, 0) is 15.7 Å². The maximum atomic E-state index is 13.2. The van der Waals surface area contributed by atoms with Crippen LogP contribution in [0, 0.1) is 10.1 Å². The Bertz CT molecular complexity index is 1120. The van der Waals surface area contributed by atoms with E-state index in [9.17, 15) is 28.1 Å². The zero-order chi connectivity index (χ0) is 22.6. The fourth-order valence-electron chi connectivity index (χ4n) is 2.82. The molecule has 162 valence electrons. The van der Waals surface area contributed by atoms with Gasteiger partial charge in [-0.3, -0.25) is 19.5 Å². The van der Waals surface area contributed by atoms with Crippen molar-refractivity contribution in [2.75, 3.05) is 12.4 Å². The predicted molar refractivity (Wildman–Crippen MR) is 108 cm³/mol. The van der Waals surface area contributed by atoms with E-state index in [1.807, 2.05) is 0 Å². The van der Waals surface area contributed by atoms with E-state index in [0.717, 1.165) is 23.9 Å². The molecule has 0 bridgehead atoms. The number of thioether (sulfide) groups is 1. The lowest BCUT2D eigenvalue weighted by atomic mass is 10.1. The van der Waals surface area contributed by atoms with Gasteiger partial charge in [0.25, 0.3) is 5.69 Å². The van der Waals surface area contributed by atoms with Crippen LogP contribution in [0.25, 0.3) is 16.9 Å². The number of non-ortho nitro benzene ring substituents is 1. The molecule has 0 fully saturated rings. The minimum Gasteiger partial charge on any atom is -0.465 e. The molecular weight excluding hydrogens is 435 g/mol. The van der Waals surface area contributed by atoms with Gasteiger partial charge in [-0.15, -0.1) is 0 Å². The van der Waals surface area contributed by atoms with Crippen molar-refractivity contribution < 1.29 is 27.6 Å². The second-order valence-corrected chi connectivity index (χ2v) is 7.15. The fourth-order valence-corrected chi connectivity index (χ4v) is 3.61. The molecule has 3 aromatic rings. The number of nitro groups is 1. The quantitative estimate of drug-likeness (QED) is 0.214. The number of aromatic nitrogens is 2. The number of benzene rings is 2. The van der Waals surface area contributed by atoms with Crippen molar-refractivity contribution >= 4 is 23.4 Å². The van der Waals surface area contributed by atoms with E-state index in [-0.39, 0.29) is 28.9 Å². The molecule has 1 heterocycles. The minimum absolute atomic E-state index is 0.0990. The molecule has 0 radical (unpaired) electrons. The number of alkyl halides is 3. The molecular formula is C20H16F3N3O4S. The third-order valence-electron chi connectivity index (χ3n) is 4.14. The Morgan fingerprint density at radius 3 is 2.65 bits per heavy atom. The Balaban J connectivity index is 2.12. The summed E-state index contributed by atoms with van der Waals surface area (Å²) in [5.41, 5.74) is -0.142. The van der Waals surface area contributed by atoms with Gasteiger partial charge in [-0.2, -0.15) is 13.2 Å². The summed E-state index contributed by atoms with van der Waals surface area (Å²) in [6.45, 7) is 1.85. The third kappa shape index (κ3) is 5.23. The second-order valence-electron chi connectivity index (χ2n) is 6.21. The molecule has 0 atom stereocenters. The summed E-state index contributed by atoms with van der Waals surface area (Å²) in [4.78, 5) is 26.6. The maximum absolute atomic E-state index is 13.2. The van der Waals surface area contributed by atoms with Gasteiger partial charge in [0.05, 0.1) is 34.7 Å². The minimum atomic E-state index is -4.56. The number of nitro benzene ring substituents is 1. The Morgan fingerprint density at radius 1 is 1.23 bits per heavy atom. The number of carbonyl (C=O) groups excluding carboxylic acids is 1. The first-order chi connectivity index (χ1) is 14.7. The van der Waals surface area contributed by atoms with Crippen LogP contribution in [0.15, 0.2) is 59.9 Å². The SMILES string of the molecule is CCOC(=O)CSc1ncc(-c2cccc([N+](=O)[O-])c2)n1-c1cccc(C(F)(F)F)c1. The monoisotopic (exact) mass is 451 g/mol. The van der Waals surface area contributed by atoms with Gasteiger partial charge in [-0.05, 0) is 25.1 Å². The number of rotatable bonds is 7. The molecule has 11 heteroatoms. The van der Waals surface area contributed by atoms with E-state index in [0.29, 0.717) is 11.3 Å². The van der Waals surface area contributed by atoms with Gasteiger partial charge in [-0.25, -0.2) is 4.98 Å². The number of halogens is 3. The summed E-state index contributed by atoms with van der Waals surface area (Å²) in [5, 5.41) is 11.4. The summed E-state index contributed by atoms with van der Waals surface area (Å²) in [7, 11) is 0. The number of carbonyl (C=O) groups is 1. The lowest BCUT2D eigenvalue weighted by molar-refractivity contribution is -0.384. The molecule has 3 rings (SSSR count). The van der Waals surface area contributed by atoms with Crippen molar-refractivity contribution in [3.8, 4) is 16.9 Å². The molecule has 0 aliphatic rings. The zero-order valence-corrected chi connectivity index (χ0v) is 16.9. The topological polar surface area (TPSA) is 87.3 Å². The Hall–Kier alpha value is -3.34. The second kappa shape index (κ2) is 9.21. The van der Waals surface area contributed by atoms with E-state index in [1.165, 1.54) is 41.1 Å². The predicted octanol–water partition coefficient (Wildman–Crippen LogP) is 5.12. The highest BCUT2D eigenvalue weighted by molar-refractivity contribution is 7.99. The summed E-state index contributed by atoms with van der Waals surface area (Å²) >= 11 is 0.991. The molecule has 7 nitrogen and oxygen atoms in total. The van der Waals surface area contributed by atoms with Crippen LogP contribution < -0.4 is 0 Å². The first-order valence-corrected chi connectivity index (χ1v) is 9.98. The molecule has 1 aromatic heterocycles. The average Bonchev–Trinajstić information content (AvgIpc) is 3.16. The summed E-state index contributed by atoms with van der Waals surface area (Å²) in [5.74, 6) is -0.596. The molecule has 0 saturated heterocycles. The van der Waals surface area contributed by atoms with Crippen molar-refractivity contribution in [2.24, 2.45) is 0 Å². The highest BCUT2D eigenvalue weighted by atomic mass is 32.2. The zero-order valence-electron chi connectivity index (χ0n) is 16.1. The van der Waals surface area contributed by atoms with Gasteiger partial charge in [0.2, 0.25) is 0 Å². The van der Waals surface area contributed by atoms with Crippen molar-refractivity contribution in [1.29, 1.82) is 0 Å². The third-order valence-corrected chi connectivity index (χ3v) is 5.06.